The van der Waals surface area contributed by atoms with E-state index in [0.717, 1.165) is 23.1 Å². The smallest absolute Gasteiger partial charge is 0.133 e. The Labute approximate surface area is 136 Å². The molecular formula is C14H15ClN4S2. The van der Waals surface area contributed by atoms with Crippen LogP contribution in [0.25, 0.3) is 0 Å². The van der Waals surface area contributed by atoms with Crippen LogP contribution in [0.5, 0.6) is 0 Å². The van der Waals surface area contributed by atoms with Gasteiger partial charge in [0.15, 0.2) is 0 Å². The Hall–Kier alpha value is -1.21. The minimum Gasteiger partial charge on any atom is -0.321 e. The number of halogens is 1. The van der Waals surface area contributed by atoms with Crippen molar-refractivity contribution in [3.8, 4) is 0 Å². The summed E-state index contributed by atoms with van der Waals surface area (Å²) in [6.07, 6.45) is 2.57. The summed E-state index contributed by atoms with van der Waals surface area (Å²) in [7, 11) is 1.96. The molecule has 110 valence electrons. The first-order valence-electron chi connectivity index (χ1n) is 6.59. The zero-order chi connectivity index (χ0) is 14.7. The largest absolute Gasteiger partial charge is 0.321 e. The predicted molar refractivity (Wildman–Crippen MR) is 88.2 cm³/mol. The second-order valence-corrected chi connectivity index (χ2v) is 7.38. The molecule has 0 fully saturated rings. The zero-order valence-electron chi connectivity index (χ0n) is 11.5. The number of nitrogens with one attached hydrogen (secondary N) is 1. The maximum atomic E-state index is 6.07. The molecule has 1 N–H and O–H groups in total. The first-order chi connectivity index (χ1) is 10.2. The van der Waals surface area contributed by atoms with E-state index in [4.69, 9.17) is 11.6 Å². The summed E-state index contributed by atoms with van der Waals surface area (Å²) in [5, 5.41) is 13.7. The van der Waals surface area contributed by atoms with Crippen LogP contribution in [-0.4, -0.2) is 21.3 Å². The molecule has 0 saturated carbocycles. The molecule has 0 aliphatic rings. The van der Waals surface area contributed by atoms with Gasteiger partial charge in [-0.05, 0) is 23.6 Å². The SMILES string of the molecule is Cn1cnnc1CCNC(c1cccs1)c1ccc(Cl)s1. The van der Waals surface area contributed by atoms with Gasteiger partial charge in [0.2, 0.25) is 0 Å². The molecule has 0 spiro atoms. The number of hydrogen-bond acceptors (Lipinski definition) is 5. The molecule has 4 nitrogen and oxygen atoms in total. The van der Waals surface area contributed by atoms with Gasteiger partial charge in [0.25, 0.3) is 0 Å². The van der Waals surface area contributed by atoms with Gasteiger partial charge in [0, 0.05) is 29.8 Å². The topological polar surface area (TPSA) is 42.7 Å². The highest BCUT2D eigenvalue weighted by Crippen LogP contribution is 2.32. The molecule has 0 aliphatic carbocycles. The van der Waals surface area contributed by atoms with Crippen molar-refractivity contribution in [2.24, 2.45) is 7.05 Å². The summed E-state index contributed by atoms with van der Waals surface area (Å²) in [6.45, 7) is 0.838. The summed E-state index contributed by atoms with van der Waals surface area (Å²) in [6, 6.07) is 8.46. The summed E-state index contributed by atoms with van der Waals surface area (Å²) < 4.78 is 2.77. The highest BCUT2D eigenvalue weighted by Gasteiger charge is 2.17. The lowest BCUT2D eigenvalue weighted by Crippen LogP contribution is -2.24. The third kappa shape index (κ3) is 3.52. The van der Waals surface area contributed by atoms with Crippen molar-refractivity contribution in [1.29, 1.82) is 0 Å². The molecule has 0 aromatic carbocycles. The number of hydrogen-bond donors (Lipinski definition) is 1. The van der Waals surface area contributed by atoms with Crippen molar-refractivity contribution in [1.82, 2.24) is 20.1 Å². The number of nitrogens with zero attached hydrogens (tertiary/aromatic N) is 3. The standard InChI is InChI=1S/C14H15ClN4S2/c1-19-9-17-18-13(19)6-7-16-14(10-3-2-8-20-10)11-4-5-12(15)21-11/h2-5,8-9,14,16H,6-7H2,1H3. The quantitative estimate of drug-likeness (QED) is 0.748. The van der Waals surface area contributed by atoms with E-state index >= 15 is 0 Å². The molecule has 3 aromatic heterocycles. The minimum absolute atomic E-state index is 0.190. The number of rotatable bonds is 6. The van der Waals surface area contributed by atoms with E-state index in [2.05, 4.69) is 39.1 Å². The molecule has 21 heavy (non-hydrogen) atoms. The summed E-state index contributed by atoms with van der Waals surface area (Å²) in [4.78, 5) is 2.53. The van der Waals surface area contributed by atoms with Gasteiger partial charge in [0.1, 0.15) is 12.2 Å². The molecule has 0 bridgehead atoms. The fourth-order valence-corrected chi connectivity index (χ4v) is 4.19. The number of thiophene rings is 2. The Balaban J connectivity index is 1.70. The van der Waals surface area contributed by atoms with E-state index < -0.39 is 0 Å². The molecular weight excluding hydrogens is 324 g/mol. The highest BCUT2D eigenvalue weighted by atomic mass is 35.5. The Kier molecular flexibility index (Phi) is 4.70. The summed E-state index contributed by atoms with van der Waals surface area (Å²) in [5.74, 6) is 0.983. The second-order valence-electron chi connectivity index (χ2n) is 4.65. The van der Waals surface area contributed by atoms with Crippen LogP contribution in [-0.2, 0) is 13.5 Å². The molecule has 0 amide bonds. The van der Waals surface area contributed by atoms with Crippen molar-refractivity contribution in [3.05, 3.63) is 55.9 Å². The summed E-state index contributed by atoms with van der Waals surface area (Å²) >= 11 is 9.45. The molecule has 0 aliphatic heterocycles. The van der Waals surface area contributed by atoms with E-state index in [-0.39, 0.29) is 6.04 Å². The van der Waals surface area contributed by atoms with Crippen molar-refractivity contribution in [2.75, 3.05) is 6.54 Å². The molecule has 1 unspecified atom stereocenters. The Morgan fingerprint density at radius 1 is 1.33 bits per heavy atom. The van der Waals surface area contributed by atoms with Gasteiger partial charge < -0.3 is 9.88 Å². The molecule has 3 rings (SSSR count). The summed E-state index contributed by atoms with van der Waals surface area (Å²) in [5.41, 5.74) is 0. The Bertz CT molecular complexity index is 689. The van der Waals surface area contributed by atoms with E-state index in [0.29, 0.717) is 0 Å². The van der Waals surface area contributed by atoms with Gasteiger partial charge in [0.05, 0.1) is 10.4 Å². The molecule has 0 radical (unpaired) electrons. The van der Waals surface area contributed by atoms with Gasteiger partial charge in [-0.3, -0.25) is 0 Å². The molecule has 7 heteroatoms. The van der Waals surface area contributed by atoms with E-state index in [1.807, 2.05) is 17.7 Å². The third-order valence-electron chi connectivity index (χ3n) is 3.21. The van der Waals surface area contributed by atoms with Crippen LogP contribution >= 0.6 is 34.3 Å². The van der Waals surface area contributed by atoms with Crippen LogP contribution in [0.4, 0.5) is 0 Å². The first kappa shape index (κ1) is 14.7. The van der Waals surface area contributed by atoms with E-state index in [1.54, 1.807) is 29.0 Å². The normalized spacial score (nSPS) is 12.7. The van der Waals surface area contributed by atoms with Crippen molar-refractivity contribution >= 4 is 34.3 Å². The van der Waals surface area contributed by atoms with Crippen LogP contribution in [0.2, 0.25) is 4.34 Å². The third-order valence-corrected chi connectivity index (χ3v) is 5.44. The second kappa shape index (κ2) is 6.70. The molecule has 3 aromatic rings. The Morgan fingerprint density at radius 2 is 2.24 bits per heavy atom. The van der Waals surface area contributed by atoms with Crippen LogP contribution in [0, 0.1) is 0 Å². The zero-order valence-corrected chi connectivity index (χ0v) is 13.9. The van der Waals surface area contributed by atoms with Crippen LogP contribution < -0.4 is 5.32 Å². The monoisotopic (exact) mass is 338 g/mol. The maximum absolute atomic E-state index is 6.07. The van der Waals surface area contributed by atoms with Crippen LogP contribution in [0.15, 0.2) is 36.0 Å². The van der Waals surface area contributed by atoms with Gasteiger partial charge in [-0.1, -0.05) is 17.7 Å². The van der Waals surface area contributed by atoms with Gasteiger partial charge in [-0.25, -0.2) is 0 Å². The van der Waals surface area contributed by atoms with Gasteiger partial charge >= 0.3 is 0 Å². The van der Waals surface area contributed by atoms with Crippen molar-refractivity contribution in [3.63, 3.8) is 0 Å². The fraction of sp³-hybridized carbons (Fsp3) is 0.286. The van der Waals surface area contributed by atoms with Gasteiger partial charge in [-0.15, -0.1) is 32.9 Å². The van der Waals surface area contributed by atoms with Crippen molar-refractivity contribution in [2.45, 2.75) is 12.5 Å². The van der Waals surface area contributed by atoms with E-state index in [9.17, 15) is 0 Å². The predicted octanol–water partition coefficient (Wildman–Crippen LogP) is 3.51. The highest BCUT2D eigenvalue weighted by molar-refractivity contribution is 7.16. The van der Waals surface area contributed by atoms with Crippen LogP contribution in [0.1, 0.15) is 21.6 Å². The average molecular weight is 339 g/mol. The maximum Gasteiger partial charge on any atom is 0.133 e. The van der Waals surface area contributed by atoms with E-state index in [1.165, 1.54) is 9.75 Å². The molecule has 0 saturated heterocycles. The molecule has 3 heterocycles. The van der Waals surface area contributed by atoms with Gasteiger partial charge in [-0.2, -0.15) is 0 Å². The lowest BCUT2D eigenvalue weighted by molar-refractivity contribution is 0.602. The van der Waals surface area contributed by atoms with Crippen molar-refractivity contribution < 1.29 is 0 Å². The minimum atomic E-state index is 0.190. The van der Waals surface area contributed by atoms with Crippen LogP contribution in [0.3, 0.4) is 0 Å². The number of aryl methyl sites for hydroxylation is 1. The number of aromatic nitrogens is 3. The lowest BCUT2D eigenvalue weighted by Gasteiger charge is -2.16. The lowest BCUT2D eigenvalue weighted by atomic mass is 10.2. The average Bonchev–Trinajstić information content (AvgIpc) is 3.18. The fourth-order valence-electron chi connectivity index (χ4n) is 2.14. The first-order valence-corrected chi connectivity index (χ1v) is 8.66. The molecule has 1 atom stereocenters. The Morgan fingerprint density at radius 3 is 2.86 bits per heavy atom.